The molecule has 0 radical (unpaired) electrons. The van der Waals surface area contributed by atoms with Crippen LogP contribution in [0.2, 0.25) is 10.0 Å². The summed E-state index contributed by atoms with van der Waals surface area (Å²) in [6, 6.07) is 17.7. The second kappa shape index (κ2) is 13.2. The standard InChI is InChI=1S/C32H34BrCl2N3O3S/c1-31(2,3)41-30(39)36-26-13-8-14-32(26)15-17-38(18-16-32)23-19-24(40-20-21-9-5-4-6-10-21)29(37-28(23)33)42-25-12-7-11-22(34)27(25)35/h4-7,9-12,19H,8,13-18,20H2,1-3H3. The van der Waals surface area contributed by atoms with Crippen LogP contribution in [-0.4, -0.2) is 35.5 Å². The van der Waals surface area contributed by atoms with Gasteiger partial charge in [-0.15, -0.1) is 0 Å². The van der Waals surface area contributed by atoms with Crippen molar-refractivity contribution in [2.75, 3.05) is 18.0 Å². The SMILES string of the molecule is CC(C)(C)OC(=O)N=C1CCCC12CCN(c1cc(OCc3ccccc3)c(Sc3cccc(Cl)c3Cl)nc1Br)CC2. The molecule has 2 aliphatic rings. The highest BCUT2D eigenvalue weighted by Gasteiger charge is 2.43. The molecule has 0 bridgehead atoms. The van der Waals surface area contributed by atoms with Gasteiger partial charge < -0.3 is 14.4 Å². The molecule has 3 aromatic rings. The molecule has 0 N–H and O–H groups in total. The lowest BCUT2D eigenvalue weighted by molar-refractivity contribution is 0.0602. The van der Waals surface area contributed by atoms with Gasteiger partial charge in [0.1, 0.15) is 21.8 Å². The van der Waals surface area contributed by atoms with Gasteiger partial charge in [0.15, 0.2) is 5.75 Å². The molecule has 1 saturated carbocycles. The number of carbonyl (C=O) groups excluding carboxylic acids is 1. The molecule has 1 saturated heterocycles. The Hall–Kier alpha value is -2.26. The number of ether oxygens (including phenoxy) is 2. The summed E-state index contributed by atoms with van der Waals surface area (Å²) in [5.41, 5.74) is 2.41. The Morgan fingerprint density at radius 3 is 2.55 bits per heavy atom. The zero-order valence-corrected chi connectivity index (χ0v) is 27.9. The van der Waals surface area contributed by atoms with Crippen LogP contribution in [0.4, 0.5) is 10.5 Å². The number of hydrogen-bond donors (Lipinski definition) is 0. The third-order valence-corrected chi connectivity index (χ3v) is 10.2. The maximum Gasteiger partial charge on any atom is 0.434 e. The van der Waals surface area contributed by atoms with Gasteiger partial charge in [0.05, 0.1) is 15.7 Å². The lowest BCUT2D eigenvalue weighted by Gasteiger charge is -2.41. The molecule has 2 fully saturated rings. The van der Waals surface area contributed by atoms with E-state index < -0.39 is 11.7 Å². The third kappa shape index (κ3) is 7.44. The number of benzene rings is 2. The van der Waals surface area contributed by atoms with Crippen molar-refractivity contribution in [1.82, 2.24) is 4.98 Å². The van der Waals surface area contributed by atoms with E-state index in [1.807, 2.05) is 63.2 Å². The molecule has 2 aromatic carbocycles. The minimum Gasteiger partial charge on any atom is -0.486 e. The number of aliphatic imine (C=N–C) groups is 1. The van der Waals surface area contributed by atoms with E-state index >= 15 is 0 Å². The predicted octanol–water partition coefficient (Wildman–Crippen LogP) is 10.0. The second-order valence-electron chi connectivity index (χ2n) is 11.7. The molecule has 42 heavy (non-hydrogen) atoms. The molecular formula is C32H34BrCl2N3O3S. The monoisotopic (exact) mass is 689 g/mol. The average Bonchev–Trinajstić information content (AvgIpc) is 3.31. The topological polar surface area (TPSA) is 64.0 Å². The van der Waals surface area contributed by atoms with Gasteiger partial charge in [-0.2, -0.15) is 4.99 Å². The number of aromatic nitrogens is 1. The normalized spacial score (nSPS) is 17.6. The number of amides is 1. The van der Waals surface area contributed by atoms with Gasteiger partial charge in [0.2, 0.25) is 0 Å². The first-order valence-electron chi connectivity index (χ1n) is 14.1. The van der Waals surface area contributed by atoms with Crippen LogP contribution < -0.4 is 9.64 Å². The van der Waals surface area contributed by atoms with Crippen LogP contribution in [0.15, 0.2) is 74.1 Å². The van der Waals surface area contributed by atoms with Crippen LogP contribution in [0.25, 0.3) is 0 Å². The van der Waals surface area contributed by atoms with Gasteiger partial charge in [-0.25, -0.2) is 9.78 Å². The van der Waals surface area contributed by atoms with Crippen molar-refractivity contribution in [2.24, 2.45) is 10.4 Å². The fraction of sp³-hybridized carbons (Fsp3) is 0.406. The third-order valence-electron chi connectivity index (χ3n) is 7.61. The van der Waals surface area contributed by atoms with Crippen molar-refractivity contribution in [1.29, 1.82) is 0 Å². The van der Waals surface area contributed by atoms with Gasteiger partial charge in [-0.05, 0) is 86.5 Å². The first kappa shape index (κ1) is 31.2. The summed E-state index contributed by atoms with van der Waals surface area (Å²) in [6.07, 6.45) is 4.28. The molecule has 1 amide bonds. The molecular weight excluding hydrogens is 657 g/mol. The van der Waals surface area contributed by atoms with E-state index in [9.17, 15) is 4.79 Å². The van der Waals surface area contributed by atoms with Crippen LogP contribution in [0, 0.1) is 5.41 Å². The molecule has 1 aliphatic heterocycles. The maximum atomic E-state index is 12.5. The predicted molar refractivity (Wildman–Crippen MR) is 175 cm³/mol. The summed E-state index contributed by atoms with van der Waals surface area (Å²) in [5, 5.41) is 1.68. The van der Waals surface area contributed by atoms with Gasteiger partial charge >= 0.3 is 6.09 Å². The van der Waals surface area contributed by atoms with Gasteiger partial charge in [0, 0.05) is 35.2 Å². The molecule has 1 aromatic heterocycles. The Kier molecular flexibility index (Phi) is 9.77. The zero-order valence-electron chi connectivity index (χ0n) is 24.0. The van der Waals surface area contributed by atoms with Crippen LogP contribution in [0.3, 0.4) is 0 Å². The number of nitrogens with zero attached hydrogens (tertiary/aromatic N) is 3. The quantitative estimate of drug-likeness (QED) is 0.240. The number of anilines is 1. The summed E-state index contributed by atoms with van der Waals surface area (Å²) < 4.78 is 12.6. The molecule has 2 heterocycles. The molecule has 0 atom stereocenters. The zero-order chi connectivity index (χ0) is 29.9. The smallest absolute Gasteiger partial charge is 0.434 e. The molecule has 1 aliphatic carbocycles. The van der Waals surface area contributed by atoms with Crippen molar-refractivity contribution in [2.45, 2.75) is 75.0 Å². The molecule has 1 spiro atoms. The summed E-state index contributed by atoms with van der Waals surface area (Å²) in [6.45, 7) is 7.64. The largest absolute Gasteiger partial charge is 0.486 e. The van der Waals surface area contributed by atoms with Crippen LogP contribution >= 0.6 is 50.9 Å². The van der Waals surface area contributed by atoms with Crippen LogP contribution in [0.5, 0.6) is 5.75 Å². The molecule has 6 nitrogen and oxygen atoms in total. The Balaban J connectivity index is 1.38. The van der Waals surface area contributed by atoms with E-state index in [0.717, 1.165) is 71.7 Å². The molecule has 222 valence electrons. The van der Waals surface area contributed by atoms with E-state index in [1.165, 1.54) is 11.8 Å². The first-order chi connectivity index (χ1) is 20.0. The summed E-state index contributed by atoms with van der Waals surface area (Å²) in [5.74, 6) is 0.673. The highest BCUT2D eigenvalue weighted by molar-refractivity contribution is 9.10. The summed E-state index contributed by atoms with van der Waals surface area (Å²) >= 11 is 18.0. The van der Waals surface area contributed by atoms with E-state index in [0.29, 0.717) is 27.4 Å². The molecule has 5 rings (SSSR count). The number of carbonyl (C=O) groups is 1. The maximum absolute atomic E-state index is 12.5. The Morgan fingerprint density at radius 1 is 1.10 bits per heavy atom. The Labute approximate surface area is 270 Å². The van der Waals surface area contributed by atoms with Gasteiger partial charge in [-0.3, -0.25) is 0 Å². The lowest BCUT2D eigenvalue weighted by atomic mass is 9.75. The number of piperidine rings is 1. The second-order valence-corrected chi connectivity index (χ2v) is 14.3. The Bertz CT molecular complexity index is 1470. The molecule has 0 unspecified atom stereocenters. The van der Waals surface area contributed by atoms with E-state index in [1.54, 1.807) is 6.07 Å². The van der Waals surface area contributed by atoms with Crippen molar-refractivity contribution < 1.29 is 14.3 Å². The number of pyridine rings is 1. The van der Waals surface area contributed by atoms with Crippen LogP contribution in [-0.2, 0) is 11.3 Å². The fourth-order valence-electron chi connectivity index (χ4n) is 5.53. The highest BCUT2D eigenvalue weighted by atomic mass is 79.9. The first-order valence-corrected chi connectivity index (χ1v) is 16.4. The minimum atomic E-state index is -0.557. The fourth-order valence-corrected chi connectivity index (χ4v) is 7.58. The lowest BCUT2D eigenvalue weighted by Crippen LogP contribution is -2.42. The summed E-state index contributed by atoms with van der Waals surface area (Å²) in [7, 11) is 0. The van der Waals surface area contributed by atoms with E-state index in [4.69, 9.17) is 37.7 Å². The summed E-state index contributed by atoms with van der Waals surface area (Å²) in [4.78, 5) is 25.0. The van der Waals surface area contributed by atoms with Crippen LogP contribution in [0.1, 0.15) is 58.4 Å². The van der Waals surface area contributed by atoms with Crippen molar-refractivity contribution in [3.05, 3.63) is 74.8 Å². The minimum absolute atomic E-state index is 0.0565. The average molecular weight is 692 g/mol. The number of rotatable bonds is 6. The van der Waals surface area contributed by atoms with Gasteiger partial charge in [-0.1, -0.05) is 71.4 Å². The Morgan fingerprint density at radius 2 is 1.83 bits per heavy atom. The van der Waals surface area contributed by atoms with Gasteiger partial charge in [0.25, 0.3) is 0 Å². The van der Waals surface area contributed by atoms with E-state index in [-0.39, 0.29) is 5.41 Å². The van der Waals surface area contributed by atoms with Crippen molar-refractivity contribution in [3.63, 3.8) is 0 Å². The van der Waals surface area contributed by atoms with E-state index in [2.05, 4.69) is 31.9 Å². The van der Waals surface area contributed by atoms with Crippen molar-refractivity contribution in [3.8, 4) is 5.75 Å². The highest BCUT2D eigenvalue weighted by Crippen LogP contribution is 2.47. The molecule has 10 heteroatoms. The van der Waals surface area contributed by atoms with Crippen molar-refractivity contribution >= 4 is 68.4 Å². The number of hydrogen-bond acceptors (Lipinski definition) is 6. The number of halogens is 3.